The van der Waals surface area contributed by atoms with E-state index < -0.39 is 9.85 Å². The van der Waals surface area contributed by atoms with Crippen molar-refractivity contribution in [2.75, 3.05) is 23.7 Å². The summed E-state index contributed by atoms with van der Waals surface area (Å²) >= 11 is 0. The lowest BCUT2D eigenvalue weighted by atomic mass is 10.1. The Morgan fingerprint density at radius 2 is 1.16 bits per heavy atom. The summed E-state index contributed by atoms with van der Waals surface area (Å²) in [6, 6.07) is 13.0. The Balaban J connectivity index is 1.42. The first-order valence-corrected chi connectivity index (χ1v) is 9.58. The molecule has 0 spiro atoms. The van der Waals surface area contributed by atoms with Crippen LogP contribution < -0.4 is 10.6 Å². The summed E-state index contributed by atoms with van der Waals surface area (Å²) < 4.78 is 0. The summed E-state index contributed by atoms with van der Waals surface area (Å²) in [5.41, 5.74) is 2.60. The molecule has 0 aliphatic rings. The van der Waals surface area contributed by atoms with Crippen molar-refractivity contribution in [2.45, 2.75) is 6.42 Å². The molecule has 0 unspecified atom stereocenters. The van der Waals surface area contributed by atoms with E-state index in [0.717, 1.165) is 17.8 Å². The quantitative estimate of drug-likeness (QED) is 0.242. The zero-order valence-corrected chi connectivity index (χ0v) is 16.3. The minimum Gasteiger partial charge on any atom is -0.383 e. The Morgan fingerprint density at radius 3 is 1.58 bits per heavy atom. The molecule has 10 heteroatoms. The summed E-state index contributed by atoms with van der Waals surface area (Å²) in [6.07, 6.45) is 3.94. The number of nitrogens with one attached hydrogen (secondary N) is 2. The van der Waals surface area contributed by atoms with E-state index in [9.17, 15) is 20.2 Å². The van der Waals surface area contributed by atoms with Crippen molar-refractivity contribution < 1.29 is 9.85 Å². The number of nitro groups is 2. The number of hydrogen-bond acceptors (Lipinski definition) is 8. The van der Waals surface area contributed by atoms with Crippen LogP contribution >= 0.6 is 0 Å². The topological polar surface area (TPSA) is 136 Å². The molecule has 2 aromatic heterocycles. The maximum Gasteiger partial charge on any atom is 0.278 e. The lowest BCUT2D eigenvalue weighted by Gasteiger charge is -2.11. The van der Waals surface area contributed by atoms with E-state index in [-0.39, 0.29) is 11.4 Å². The van der Waals surface area contributed by atoms with Crippen LogP contribution in [0.1, 0.15) is 6.42 Å². The SMILES string of the molecule is O=[N+]([O-])c1ccc(NCCCNc2ccc([N+](=O)[O-])c3cccnc23)c2ncccc12. The number of nitrogens with zero attached hydrogens (tertiary/aromatic N) is 4. The molecule has 2 aromatic carbocycles. The molecule has 4 aromatic rings. The second kappa shape index (κ2) is 8.57. The summed E-state index contributed by atoms with van der Waals surface area (Å²) in [5.74, 6) is 0. The maximum atomic E-state index is 11.2. The molecule has 156 valence electrons. The Labute approximate surface area is 176 Å². The summed E-state index contributed by atoms with van der Waals surface area (Å²) in [5, 5.41) is 29.9. The largest absolute Gasteiger partial charge is 0.383 e. The van der Waals surface area contributed by atoms with Crippen LogP contribution in [-0.4, -0.2) is 32.9 Å². The van der Waals surface area contributed by atoms with Gasteiger partial charge in [0, 0.05) is 37.6 Å². The molecular weight excluding hydrogens is 400 g/mol. The lowest BCUT2D eigenvalue weighted by molar-refractivity contribution is -0.383. The van der Waals surface area contributed by atoms with Crippen LogP contribution in [0.2, 0.25) is 0 Å². The van der Waals surface area contributed by atoms with Crippen LogP contribution in [0.25, 0.3) is 21.8 Å². The van der Waals surface area contributed by atoms with Crippen LogP contribution in [0, 0.1) is 20.2 Å². The number of benzene rings is 2. The van der Waals surface area contributed by atoms with Crippen molar-refractivity contribution in [2.24, 2.45) is 0 Å². The second-order valence-corrected chi connectivity index (χ2v) is 6.78. The molecule has 0 saturated carbocycles. The number of hydrogen-bond donors (Lipinski definition) is 2. The van der Waals surface area contributed by atoms with Crippen molar-refractivity contribution in [3.63, 3.8) is 0 Å². The molecule has 4 rings (SSSR count). The number of non-ortho nitro benzene ring substituents is 2. The van der Waals surface area contributed by atoms with Crippen molar-refractivity contribution in [1.29, 1.82) is 0 Å². The lowest BCUT2D eigenvalue weighted by Crippen LogP contribution is -2.10. The molecule has 0 fully saturated rings. The van der Waals surface area contributed by atoms with E-state index in [0.29, 0.717) is 34.9 Å². The van der Waals surface area contributed by atoms with Gasteiger partial charge < -0.3 is 10.6 Å². The highest BCUT2D eigenvalue weighted by atomic mass is 16.6. The Morgan fingerprint density at radius 1 is 0.710 bits per heavy atom. The average Bonchev–Trinajstić information content (AvgIpc) is 2.78. The van der Waals surface area contributed by atoms with Crippen LogP contribution in [0.5, 0.6) is 0 Å². The van der Waals surface area contributed by atoms with E-state index in [2.05, 4.69) is 20.6 Å². The smallest absolute Gasteiger partial charge is 0.278 e. The molecule has 0 saturated heterocycles. The Bertz CT molecular complexity index is 1190. The van der Waals surface area contributed by atoms with Gasteiger partial charge in [0.2, 0.25) is 0 Å². The van der Waals surface area contributed by atoms with Gasteiger partial charge in [-0.2, -0.15) is 0 Å². The number of aromatic nitrogens is 2. The number of rotatable bonds is 8. The van der Waals surface area contributed by atoms with Gasteiger partial charge in [0.05, 0.1) is 32.0 Å². The predicted octanol–water partition coefficient (Wildman–Crippen LogP) is 4.51. The molecule has 0 aliphatic heterocycles. The zero-order chi connectivity index (χ0) is 21.8. The Hall–Kier alpha value is -4.34. The third-order valence-electron chi connectivity index (χ3n) is 4.87. The zero-order valence-electron chi connectivity index (χ0n) is 16.3. The minimum absolute atomic E-state index is 0.0212. The van der Waals surface area contributed by atoms with Crippen LogP contribution in [-0.2, 0) is 0 Å². The molecule has 0 atom stereocenters. The molecule has 0 radical (unpaired) electrons. The van der Waals surface area contributed by atoms with Gasteiger partial charge in [0.1, 0.15) is 11.0 Å². The molecule has 0 amide bonds. The van der Waals surface area contributed by atoms with Crippen molar-refractivity contribution >= 4 is 44.6 Å². The fourth-order valence-corrected chi connectivity index (χ4v) is 3.45. The number of nitro benzene ring substituents is 2. The van der Waals surface area contributed by atoms with E-state index in [4.69, 9.17) is 0 Å². The molecule has 31 heavy (non-hydrogen) atoms. The highest BCUT2D eigenvalue weighted by Gasteiger charge is 2.16. The van der Waals surface area contributed by atoms with E-state index >= 15 is 0 Å². The van der Waals surface area contributed by atoms with Gasteiger partial charge in [0.25, 0.3) is 11.4 Å². The van der Waals surface area contributed by atoms with Gasteiger partial charge in [-0.1, -0.05) is 0 Å². The average molecular weight is 418 g/mol. The summed E-state index contributed by atoms with van der Waals surface area (Å²) in [4.78, 5) is 30.2. The molecule has 10 nitrogen and oxygen atoms in total. The van der Waals surface area contributed by atoms with Crippen LogP contribution in [0.3, 0.4) is 0 Å². The first kappa shape index (κ1) is 20.0. The number of anilines is 2. The third-order valence-corrected chi connectivity index (χ3v) is 4.87. The second-order valence-electron chi connectivity index (χ2n) is 6.78. The van der Waals surface area contributed by atoms with E-state index in [1.165, 1.54) is 12.1 Å². The van der Waals surface area contributed by atoms with Crippen LogP contribution in [0.4, 0.5) is 22.7 Å². The minimum atomic E-state index is -0.416. The van der Waals surface area contributed by atoms with Gasteiger partial charge in [-0.05, 0) is 42.8 Å². The van der Waals surface area contributed by atoms with E-state index in [1.54, 1.807) is 48.8 Å². The monoisotopic (exact) mass is 418 g/mol. The fourth-order valence-electron chi connectivity index (χ4n) is 3.45. The normalized spacial score (nSPS) is 10.8. The molecule has 0 bridgehead atoms. The van der Waals surface area contributed by atoms with Crippen molar-refractivity contribution in [3.8, 4) is 0 Å². The van der Waals surface area contributed by atoms with Gasteiger partial charge in [0.15, 0.2) is 0 Å². The van der Waals surface area contributed by atoms with Crippen molar-refractivity contribution in [3.05, 3.63) is 81.2 Å². The fraction of sp³-hybridized carbons (Fsp3) is 0.143. The molecular formula is C21H18N6O4. The maximum absolute atomic E-state index is 11.2. The Kier molecular flexibility index (Phi) is 5.52. The molecule has 2 heterocycles. The van der Waals surface area contributed by atoms with E-state index in [1.807, 2.05) is 0 Å². The highest BCUT2D eigenvalue weighted by Crippen LogP contribution is 2.31. The number of fused-ring (bicyclic) bond motifs is 2. The first-order chi connectivity index (χ1) is 15.1. The standard InChI is InChI=1S/C21H18N6O4/c28-26(29)18-8-6-16(20-14(18)4-1-10-24-20)22-12-3-13-23-17-7-9-19(27(30)31)15-5-2-11-25-21(15)17/h1-2,4-11,22-23H,3,12-13H2. The van der Waals surface area contributed by atoms with Gasteiger partial charge >= 0.3 is 0 Å². The van der Waals surface area contributed by atoms with Crippen molar-refractivity contribution in [1.82, 2.24) is 9.97 Å². The van der Waals surface area contributed by atoms with Gasteiger partial charge in [-0.15, -0.1) is 0 Å². The molecule has 2 N–H and O–H groups in total. The predicted molar refractivity (Wildman–Crippen MR) is 118 cm³/mol. The van der Waals surface area contributed by atoms with Crippen LogP contribution in [0.15, 0.2) is 60.9 Å². The molecule has 0 aliphatic carbocycles. The summed E-state index contributed by atoms with van der Waals surface area (Å²) in [7, 11) is 0. The third kappa shape index (κ3) is 4.04. The van der Waals surface area contributed by atoms with Gasteiger partial charge in [-0.3, -0.25) is 30.2 Å². The number of pyridine rings is 2. The summed E-state index contributed by atoms with van der Waals surface area (Å²) in [6.45, 7) is 1.21. The van der Waals surface area contributed by atoms with Gasteiger partial charge in [-0.25, -0.2) is 0 Å². The first-order valence-electron chi connectivity index (χ1n) is 9.58. The highest BCUT2D eigenvalue weighted by molar-refractivity contribution is 5.97.